The van der Waals surface area contributed by atoms with Crippen molar-refractivity contribution >= 4 is 10.9 Å². The molecule has 2 aliphatic heterocycles. The molecule has 6 heteroatoms. The average Bonchev–Trinajstić information content (AvgIpc) is 3.31. The molecular formula is C19H21N5O. The molecule has 5 rings (SSSR count). The number of rotatable bonds is 3. The highest BCUT2D eigenvalue weighted by Gasteiger charge is 2.29. The number of fused-ring (bicyclic) bond motifs is 2. The Morgan fingerprint density at radius 3 is 3.04 bits per heavy atom. The first-order valence-electron chi connectivity index (χ1n) is 9.06. The van der Waals surface area contributed by atoms with Crippen LogP contribution in [0.4, 0.5) is 0 Å². The van der Waals surface area contributed by atoms with E-state index < -0.39 is 0 Å². The summed E-state index contributed by atoms with van der Waals surface area (Å²) in [5, 5.41) is 5.39. The smallest absolute Gasteiger partial charge is 0.258 e. The van der Waals surface area contributed by atoms with E-state index >= 15 is 0 Å². The quantitative estimate of drug-likeness (QED) is 0.798. The van der Waals surface area contributed by atoms with E-state index in [1.807, 2.05) is 24.3 Å². The monoisotopic (exact) mass is 335 g/mol. The minimum Gasteiger partial charge on any atom is -0.309 e. The molecular weight excluding hydrogens is 314 g/mol. The summed E-state index contributed by atoms with van der Waals surface area (Å²) in [6.45, 7) is 2.88. The maximum absolute atomic E-state index is 12.4. The molecule has 6 nitrogen and oxygen atoms in total. The molecule has 3 aromatic rings. The first kappa shape index (κ1) is 14.8. The molecule has 1 saturated heterocycles. The van der Waals surface area contributed by atoms with Crippen LogP contribution in [0, 0.1) is 0 Å². The van der Waals surface area contributed by atoms with E-state index in [4.69, 9.17) is 10.1 Å². The minimum absolute atomic E-state index is 0.0478. The molecule has 0 bridgehead atoms. The predicted molar refractivity (Wildman–Crippen MR) is 95.3 cm³/mol. The molecule has 0 aliphatic carbocycles. The fourth-order valence-corrected chi connectivity index (χ4v) is 4.19. The SMILES string of the molecule is O=c1[nH]c(C2CCCN2Cc2cc3n(n2)CCC3)nc2ccccc12. The Labute approximate surface area is 145 Å². The van der Waals surface area contributed by atoms with Gasteiger partial charge in [0.05, 0.1) is 22.6 Å². The van der Waals surface area contributed by atoms with Crippen molar-refractivity contribution in [3.8, 4) is 0 Å². The first-order chi connectivity index (χ1) is 12.3. The summed E-state index contributed by atoms with van der Waals surface area (Å²) in [7, 11) is 0. The zero-order valence-corrected chi connectivity index (χ0v) is 14.1. The van der Waals surface area contributed by atoms with E-state index in [1.54, 1.807) is 0 Å². The Balaban J connectivity index is 1.45. The third-order valence-corrected chi connectivity index (χ3v) is 5.39. The number of H-pyrrole nitrogens is 1. The van der Waals surface area contributed by atoms with E-state index in [0.29, 0.717) is 5.39 Å². The number of aryl methyl sites for hydroxylation is 2. The average molecular weight is 335 g/mol. The van der Waals surface area contributed by atoms with Gasteiger partial charge >= 0.3 is 0 Å². The number of benzene rings is 1. The molecule has 0 spiro atoms. The van der Waals surface area contributed by atoms with Gasteiger partial charge < -0.3 is 4.98 Å². The number of nitrogens with zero attached hydrogens (tertiary/aromatic N) is 4. The molecule has 4 heterocycles. The molecule has 25 heavy (non-hydrogen) atoms. The van der Waals surface area contributed by atoms with Crippen molar-refractivity contribution in [2.75, 3.05) is 6.54 Å². The standard InChI is InChI=1S/C19H21N5O/c25-19-15-6-1-2-7-16(15)20-18(21-19)17-8-4-9-23(17)12-13-11-14-5-3-10-24(14)22-13/h1-2,6-7,11,17H,3-5,8-10,12H2,(H,20,21,25). The lowest BCUT2D eigenvalue weighted by Crippen LogP contribution is -2.26. The maximum atomic E-state index is 12.4. The highest BCUT2D eigenvalue weighted by molar-refractivity contribution is 5.77. The lowest BCUT2D eigenvalue weighted by molar-refractivity contribution is 0.236. The minimum atomic E-state index is -0.0478. The second kappa shape index (κ2) is 5.81. The van der Waals surface area contributed by atoms with Gasteiger partial charge in [-0.05, 0) is 50.4 Å². The van der Waals surface area contributed by atoms with Gasteiger partial charge in [0.2, 0.25) is 0 Å². The zero-order valence-electron chi connectivity index (χ0n) is 14.1. The number of likely N-dealkylation sites (tertiary alicyclic amines) is 1. The Morgan fingerprint density at radius 1 is 1.20 bits per heavy atom. The summed E-state index contributed by atoms with van der Waals surface area (Å²) in [6, 6.07) is 9.93. The van der Waals surface area contributed by atoms with E-state index in [2.05, 4.69) is 20.6 Å². The Kier molecular flexibility index (Phi) is 3.45. The summed E-state index contributed by atoms with van der Waals surface area (Å²) >= 11 is 0. The van der Waals surface area contributed by atoms with Crippen LogP contribution in [0.2, 0.25) is 0 Å². The number of hydrogen-bond acceptors (Lipinski definition) is 4. The summed E-state index contributed by atoms with van der Waals surface area (Å²) < 4.78 is 2.14. The van der Waals surface area contributed by atoms with Crippen molar-refractivity contribution in [2.24, 2.45) is 0 Å². The van der Waals surface area contributed by atoms with Crippen LogP contribution in [-0.2, 0) is 19.5 Å². The summed E-state index contributed by atoms with van der Waals surface area (Å²) in [4.78, 5) is 22.5. The Morgan fingerprint density at radius 2 is 2.12 bits per heavy atom. The summed E-state index contributed by atoms with van der Waals surface area (Å²) in [6.07, 6.45) is 4.48. The molecule has 1 atom stereocenters. The Hall–Kier alpha value is -2.47. The topological polar surface area (TPSA) is 66.8 Å². The van der Waals surface area contributed by atoms with Gasteiger partial charge in [-0.1, -0.05) is 12.1 Å². The predicted octanol–water partition coefficient (Wildman–Crippen LogP) is 2.40. The van der Waals surface area contributed by atoms with Crippen LogP contribution >= 0.6 is 0 Å². The normalized spacial score (nSPS) is 20.4. The number of aromatic nitrogens is 4. The summed E-state index contributed by atoms with van der Waals surface area (Å²) in [5.74, 6) is 0.785. The van der Waals surface area contributed by atoms with E-state index in [-0.39, 0.29) is 11.6 Å². The van der Waals surface area contributed by atoms with Gasteiger partial charge in [0.15, 0.2) is 0 Å². The molecule has 0 radical (unpaired) electrons. The molecule has 2 aromatic heterocycles. The third kappa shape index (κ3) is 2.57. The fourth-order valence-electron chi connectivity index (χ4n) is 4.19. The van der Waals surface area contributed by atoms with Crippen LogP contribution in [0.15, 0.2) is 35.1 Å². The van der Waals surface area contributed by atoms with Crippen LogP contribution in [0.3, 0.4) is 0 Å². The van der Waals surface area contributed by atoms with Crippen molar-refractivity contribution in [3.63, 3.8) is 0 Å². The molecule has 0 amide bonds. The fraction of sp³-hybridized carbons (Fsp3) is 0.421. The van der Waals surface area contributed by atoms with Crippen molar-refractivity contribution in [1.29, 1.82) is 0 Å². The van der Waals surface area contributed by atoms with Gasteiger partial charge in [0.1, 0.15) is 5.82 Å². The van der Waals surface area contributed by atoms with Gasteiger partial charge in [-0.2, -0.15) is 5.10 Å². The van der Waals surface area contributed by atoms with Crippen LogP contribution in [-0.4, -0.2) is 31.2 Å². The summed E-state index contributed by atoms with van der Waals surface area (Å²) in [5.41, 5.74) is 3.20. The third-order valence-electron chi connectivity index (χ3n) is 5.39. The van der Waals surface area contributed by atoms with Crippen molar-refractivity contribution < 1.29 is 0 Å². The van der Waals surface area contributed by atoms with Gasteiger partial charge in [-0.3, -0.25) is 14.4 Å². The maximum Gasteiger partial charge on any atom is 0.258 e. The van der Waals surface area contributed by atoms with Crippen LogP contribution in [0.5, 0.6) is 0 Å². The number of aromatic amines is 1. The van der Waals surface area contributed by atoms with Gasteiger partial charge in [-0.25, -0.2) is 4.98 Å². The number of para-hydroxylation sites is 1. The van der Waals surface area contributed by atoms with E-state index in [0.717, 1.165) is 55.9 Å². The molecule has 0 saturated carbocycles. The van der Waals surface area contributed by atoms with Gasteiger partial charge in [-0.15, -0.1) is 0 Å². The highest BCUT2D eigenvalue weighted by atomic mass is 16.1. The molecule has 1 unspecified atom stereocenters. The van der Waals surface area contributed by atoms with Crippen LogP contribution in [0.25, 0.3) is 10.9 Å². The number of nitrogens with one attached hydrogen (secondary N) is 1. The molecule has 1 fully saturated rings. The molecule has 1 N–H and O–H groups in total. The van der Waals surface area contributed by atoms with Gasteiger partial charge in [0.25, 0.3) is 5.56 Å². The number of hydrogen-bond donors (Lipinski definition) is 1. The second-order valence-electron chi connectivity index (χ2n) is 7.05. The highest BCUT2D eigenvalue weighted by Crippen LogP contribution is 2.31. The lowest BCUT2D eigenvalue weighted by atomic mass is 10.1. The van der Waals surface area contributed by atoms with E-state index in [1.165, 1.54) is 12.1 Å². The molecule has 128 valence electrons. The van der Waals surface area contributed by atoms with E-state index in [9.17, 15) is 4.79 Å². The first-order valence-corrected chi connectivity index (χ1v) is 9.06. The van der Waals surface area contributed by atoms with Crippen LogP contribution in [0.1, 0.15) is 42.5 Å². The van der Waals surface area contributed by atoms with Crippen molar-refractivity contribution in [3.05, 3.63) is 57.9 Å². The molecule has 2 aliphatic rings. The van der Waals surface area contributed by atoms with Crippen molar-refractivity contribution in [1.82, 2.24) is 24.6 Å². The van der Waals surface area contributed by atoms with Crippen LogP contribution < -0.4 is 5.56 Å². The van der Waals surface area contributed by atoms with Gasteiger partial charge in [0, 0.05) is 18.8 Å². The molecule has 1 aromatic carbocycles. The second-order valence-corrected chi connectivity index (χ2v) is 7.05. The zero-order chi connectivity index (χ0) is 16.8. The lowest BCUT2D eigenvalue weighted by Gasteiger charge is -2.22. The Bertz CT molecular complexity index is 967. The van der Waals surface area contributed by atoms with Crippen molar-refractivity contribution in [2.45, 2.75) is 44.8 Å². The largest absolute Gasteiger partial charge is 0.309 e.